The van der Waals surface area contributed by atoms with Crippen molar-refractivity contribution in [3.63, 3.8) is 0 Å². The van der Waals surface area contributed by atoms with Gasteiger partial charge in [-0.1, -0.05) is 22.9 Å². The molecule has 0 amide bonds. The SMILES string of the molecule is CC(CCCO)Nc1nc(Cl)c(C#N)s1. The smallest absolute Gasteiger partial charge is 0.185 e. The van der Waals surface area contributed by atoms with E-state index in [1.807, 2.05) is 13.0 Å². The Morgan fingerprint density at radius 1 is 1.73 bits per heavy atom. The molecule has 0 aliphatic rings. The Labute approximate surface area is 97.5 Å². The maximum atomic E-state index is 8.68. The summed E-state index contributed by atoms with van der Waals surface area (Å²) < 4.78 is 0. The van der Waals surface area contributed by atoms with E-state index in [0.29, 0.717) is 10.0 Å². The van der Waals surface area contributed by atoms with Crippen molar-refractivity contribution in [2.24, 2.45) is 0 Å². The second-order valence-electron chi connectivity index (χ2n) is 3.16. The van der Waals surface area contributed by atoms with Crippen molar-refractivity contribution in [3.8, 4) is 6.07 Å². The van der Waals surface area contributed by atoms with E-state index in [1.165, 1.54) is 11.3 Å². The van der Waals surface area contributed by atoms with Crippen molar-refractivity contribution in [1.82, 2.24) is 4.98 Å². The lowest BCUT2D eigenvalue weighted by Gasteiger charge is -2.11. The van der Waals surface area contributed by atoms with Crippen LogP contribution in [0.1, 0.15) is 24.6 Å². The number of nitrogens with one attached hydrogen (secondary N) is 1. The summed E-state index contributed by atoms with van der Waals surface area (Å²) in [5.74, 6) is 0. The van der Waals surface area contributed by atoms with Crippen LogP contribution < -0.4 is 5.32 Å². The van der Waals surface area contributed by atoms with Gasteiger partial charge in [0.15, 0.2) is 10.3 Å². The Morgan fingerprint density at radius 3 is 3.00 bits per heavy atom. The Hall–Kier alpha value is -0.830. The van der Waals surface area contributed by atoms with Crippen LogP contribution in [0.4, 0.5) is 5.13 Å². The molecule has 4 nitrogen and oxygen atoms in total. The van der Waals surface area contributed by atoms with Gasteiger partial charge in [0, 0.05) is 12.6 Å². The number of anilines is 1. The van der Waals surface area contributed by atoms with Gasteiger partial charge < -0.3 is 10.4 Å². The number of hydrogen-bond acceptors (Lipinski definition) is 5. The molecule has 0 radical (unpaired) electrons. The van der Waals surface area contributed by atoms with Crippen LogP contribution in [0.15, 0.2) is 0 Å². The lowest BCUT2D eigenvalue weighted by molar-refractivity contribution is 0.282. The van der Waals surface area contributed by atoms with Gasteiger partial charge in [-0.25, -0.2) is 4.98 Å². The maximum Gasteiger partial charge on any atom is 0.185 e. The van der Waals surface area contributed by atoms with E-state index in [-0.39, 0.29) is 17.8 Å². The van der Waals surface area contributed by atoms with Gasteiger partial charge in [-0.05, 0) is 19.8 Å². The third kappa shape index (κ3) is 3.67. The standard InChI is InChI=1S/C9H12ClN3OS/c1-6(3-2-4-14)12-9-13-8(10)7(5-11)15-9/h6,14H,2-4H2,1H3,(H,12,13). The highest BCUT2D eigenvalue weighted by molar-refractivity contribution is 7.16. The van der Waals surface area contributed by atoms with Crippen molar-refractivity contribution < 1.29 is 5.11 Å². The second-order valence-corrected chi connectivity index (χ2v) is 4.52. The molecular weight excluding hydrogens is 234 g/mol. The van der Waals surface area contributed by atoms with E-state index in [1.54, 1.807) is 0 Å². The fourth-order valence-electron chi connectivity index (χ4n) is 1.11. The van der Waals surface area contributed by atoms with Gasteiger partial charge in [0.2, 0.25) is 0 Å². The number of rotatable bonds is 5. The minimum Gasteiger partial charge on any atom is -0.396 e. The van der Waals surface area contributed by atoms with Gasteiger partial charge in [-0.15, -0.1) is 0 Å². The lowest BCUT2D eigenvalue weighted by atomic mass is 10.2. The fraction of sp³-hybridized carbons (Fsp3) is 0.556. The molecule has 0 spiro atoms. The summed E-state index contributed by atoms with van der Waals surface area (Å²) in [6, 6.07) is 2.19. The van der Waals surface area contributed by atoms with Crippen LogP contribution in [0, 0.1) is 11.3 Å². The van der Waals surface area contributed by atoms with Crippen molar-refractivity contribution in [3.05, 3.63) is 10.0 Å². The van der Waals surface area contributed by atoms with Crippen LogP contribution in [0.25, 0.3) is 0 Å². The average molecular weight is 246 g/mol. The third-order valence-corrected chi connectivity index (χ3v) is 3.13. The van der Waals surface area contributed by atoms with Crippen molar-refractivity contribution in [2.45, 2.75) is 25.8 Å². The Morgan fingerprint density at radius 2 is 2.47 bits per heavy atom. The highest BCUT2D eigenvalue weighted by Gasteiger charge is 2.10. The lowest BCUT2D eigenvalue weighted by Crippen LogP contribution is -2.15. The van der Waals surface area contributed by atoms with E-state index in [4.69, 9.17) is 22.0 Å². The van der Waals surface area contributed by atoms with Gasteiger partial charge in [0.25, 0.3) is 0 Å². The normalized spacial score (nSPS) is 12.1. The van der Waals surface area contributed by atoms with Crippen molar-refractivity contribution in [2.75, 3.05) is 11.9 Å². The largest absolute Gasteiger partial charge is 0.396 e. The van der Waals surface area contributed by atoms with Gasteiger partial charge >= 0.3 is 0 Å². The van der Waals surface area contributed by atoms with Crippen LogP contribution >= 0.6 is 22.9 Å². The highest BCUT2D eigenvalue weighted by Crippen LogP contribution is 2.26. The van der Waals surface area contributed by atoms with Crippen LogP contribution in [-0.4, -0.2) is 22.7 Å². The molecule has 0 bridgehead atoms. The number of thiazole rings is 1. The number of aliphatic hydroxyl groups excluding tert-OH is 1. The summed E-state index contributed by atoms with van der Waals surface area (Å²) in [7, 11) is 0. The van der Waals surface area contributed by atoms with Crippen LogP contribution in [0.5, 0.6) is 0 Å². The Bertz CT molecular complexity index is 361. The topological polar surface area (TPSA) is 68.9 Å². The molecule has 0 aromatic carbocycles. The number of nitrogens with zero attached hydrogens (tertiary/aromatic N) is 2. The first-order valence-corrected chi connectivity index (χ1v) is 5.80. The summed E-state index contributed by atoms with van der Waals surface area (Å²) in [6.07, 6.45) is 1.61. The molecule has 1 aromatic heterocycles. The van der Waals surface area contributed by atoms with Gasteiger partial charge in [-0.3, -0.25) is 0 Å². The molecule has 1 heterocycles. The summed E-state index contributed by atoms with van der Waals surface area (Å²) in [5.41, 5.74) is 0. The van der Waals surface area contributed by atoms with Crippen LogP contribution in [-0.2, 0) is 0 Å². The third-order valence-electron chi connectivity index (χ3n) is 1.85. The minimum atomic E-state index is 0.189. The van der Waals surface area contributed by atoms with Crippen molar-refractivity contribution in [1.29, 1.82) is 5.26 Å². The number of nitriles is 1. The molecule has 1 atom stereocenters. The van der Waals surface area contributed by atoms with E-state index >= 15 is 0 Å². The number of aromatic nitrogens is 1. The molecule has 2 N–H and O–H groups in total. The van der Waals surface area contributed by atoms with Gasteiger partial charge in [0.1, 0.15) is 10.9 Å². The number of hydrogen-bond donors (Lipinski definition) is 2. The van der Waals surface area contributed by atoms with E-state index in [2.05, 4.69) is 10.3 Å². The maximum absolute atomic E-state index is 8.68. The van der Waals surface area contributed by atoms with E-state index in [9.17, 15) is 0 Å². The van der Waals surface area contributed by atoms with E-state index < -0.39 is 0 Å². The van der Waals surface area contributed by atoms with Gasteiger partial charge in [-0.2, -0.15) is 5.26 Å². The monoisotopic (exact) mass is 245 g/mol. The molecule has 82 valence electrons. The molecule has 1 rings (SSSR count). The number of aliphatic hydroxyl groups is 1. The molecular formula is C9H12ClN3OS. The van der Waals surface area contributed by atoms with Crippen molar-refractivity contribution >= 4 is 28.1 Å². The molecule has 1 aromatic rings. The first-order chi connectivity index (χ1) is 7.17. The second kappa shape index (κ2) is 5.91. The summed E-state index contributed by atoms with van der Waals surface area (Å²) in [5, 5.41) is 21.4. The fourth-order valence-corrected chi connectivity index (χ4v) is 2.17. The molecule has 1 unspecified atom stereocenters. The molecule has 0 aliphatic carbocycles. The summed E-state index contributed by atoms with van der Waals surface area (Å²) in [4.78, 5) is 4.44. The average Bonchev–Trinajstić information content (AvgIpc) is 2.55. The zero-order chi connectivity index (χ0) is 11.3. The first-order valence-electron chi connectivity index (χ1n) is 4.61. The zero-order valence-electron chi connectivity index (χ0n) is 8.33. The molecule has 0 saturated carbocycles. The molecule has 0 fully saturated rings. The van der Waals surface area contributed by atoms with Gasteiger partial charge in [0.05, 0.1) is 0 Å². The summed E-state index contributed by atoms with van der Waals surface area (Å²) in [6.45, 7) is 2.19. The summed E-state index contributed by atoms with van der Waals surface area (Å²) >= 11 is 6.97. The van der Waals surface area contributed by atoms with E-state index in [0.717, 1.165) is 12.8 Å². The first kappa shape index (κ1) is 12.2. The zero-order valence-corrected chi connectivity index (χ0v) is 9.90. The Balaban J connectivity index is 2.54. The molecule has 6 heteroatoms. The predicted molar refractivity (Wildman–Crippen MR) is 61.2 cm³/mol. The molecule has 15 heavy (non-hydrogen) atoms. The van der Waals surface area contributed by atoms with Crippen LogP contribution in [0.2, 0.25) is 5.15 Å². The minimum absolute atomic E-state index is 0.189. The number of halogens is 1. The molecule has 0 saturated heterocycles. The Kier molecular flexibility index (Phi) is 4.82. The predicted octanol–water partition coefficient (Wildman–Crippen LogP) is 2.24. The van der Waals surface area contributed by atoms with Crippen LogP contribution in [0.3, 0.4) is 0 Å². The molecule has 0 aliphatic heterocycles. The highest BCUT2D eigenvalue weighted by atomic mass is 35.5. The quantitative estimate of drug-likeness (QED) is 0.835.